The lowest BCUT2D eigenvalue weighted by molar-refractivity contribution is -0.133. The van der Waals surface area contributed by atoms with E-state index in [1.165, 1.54) is 16.3 Å². The molecule has 0 atom stereocenters. The summed E-state index contributed by atoms with van der Waals surface area (Å²) >= 11 is 3.49. The molecule has 2 aromatic rings. The van der Waals surface area contributed by atoms with Crippen LogP contribution in [-0.4, -0.2) is 62.7 Å². The van der Waals surface area contributed by atoms with Gasteiger partial charge in [-0.15, -0.1) is 0 Å². The first-order chi connectivity index (χ1) is 12.5. The van der Waals surface area contributed by atoms with Crippen molar-refractivity contribution in [3.63, 3.8) is 0 Å². The number of aryl methyl sites for hydroxylation is 1. The summed E-state index contributed by atoms with van der Waals surface area (Å²) < 4.78 is 2.58. The van der Waals surface area contributed by atoms with Crippen LogP contribution >= 0.6 is 15.9 Å². The summed E-state index contributed by atoms with van der Waals surface area (Å²) in [5.74, 6) is -0.976. The Labute approximate surface area is 160 Å². The molecule has 1 aliphatic heterocycles. The number of rotatable bonds is 6. The number of benzene rings is 1. The average molecular weight is 421 g/mol. The van der Waals surface area contributed by atoms with Crippen LogP contribution in [0.15, 0.2) is 41.0 Å². The highest BCUT2D eigenvalue weighted by Gasteiger charge is 2.21. The molecule has 2 heterocycles. The SMILES string of the molecule is O=C(O)c1ccn(CCC(=O)N2CCN(Cc3cccc(Br)c3)CC2)n1. The molecule has 1 saturated heterocycles. The second-order valence-electron chi connectivity index (χ2n) is 6.31. The minimum Gasteiger partial charge on any atom is -0.476 e. The molecule has 0 spiro atoms. The zero-order chi connectivity index (χ0) is 18.5. The maximum Gasteiger partial charge on any atom is 0.356 e. The van der Waals surface area contributed by atoms with Crippen molar-refractivity contribution < 1.29 is 14.7 Å². The molecule has 138 valence electrons. The van der Waals surface area contributed by atoms with Crippen molar-refractivity contribution in [3.05, 3.63) is 52.3 Å². The molecule has 1 fully saturated rings. The molecular formula is C18H21BrN4O3. The van der Waals surface area contributed by atoms with E-state index in [-0.39, 0.29) is 11.6 Å². The van der Waals surface area contributed by atoms with Crippen molar-refractivity contribution in [3.8, 4) is 0 Å². The molecule has 26 heavy (non-hydrogen) atoms. The number of nitrogens with zero attached hydrogens (tertiary/aromatic N) is 4. The van der Waals surface area contributed by atoms with E-state index in [4.69, 9.17) is 5.11 Å². The van der Waals surface area contributed by atoms with E-state index in [0.29, 0.717) is 26.1 Å². The summed E-state index contributed by atoms with van der Waals surface area (Å²) in [6.45, 7) is 4.40. The van der Waals surface area contributed by atoms with Crippen molar-refractivity contribution in [2.24, 2.45) is 0 Å². The van der Waals surface area contributed by atoms with Gasteiger partial charge in [-0.2, -0.15) is 5.10 Å². The summed E-state index contributed by atoms with van der Waals surface area (Å²) in [6, 6.07) is 9.71. The number of amides is 1. The maximum atomic E-state index is 12.4. The van der Waals surface area contributed by atoms with Gasteiger partial charge >= 0.3 is 5.97 Å². The second kappa shape index (κ2) is 8.46. The topological polar surface area (TPSA) is 78.7 Å². The number of carbonyl (C=O) groups excluding carboxylic acids is 1. The van der Waals surface area contributed by atoms with Crippen molar-refractivity contribution in [1.82, 2.24) is 19.6 Å². The fraction of sp³-hybridized carbons (Fsp3) is 0.389. The van der Waals surface area contributed by atoms with E-state index in [9.17, 15) is 9.59 Å². The van der Waals surface area contributed by atoms with E-state index >= 15 is 0 Å². The molecule has 1 aliphatic rings. The Kier molecular flexibility index (Phi) is 6.05. The van der Waals surface area contributed by atoms with Crippen LogP contribution < -0.4 is 0 Å². The van der Waals surface area contributed by atoms with Gasteiger partial charge in [0.2, 0.25) is 5.91 Å². The molecule has 3 rings (SSSR count). The molecule has 7 nitrogen and oxygen atoms in total. The predicted molar refractivity (Wildman–Crippen MR) is 99.8 cm³/mol. The number of piperazine rings is 1. The summed E-state index contributed by atoms with van der Waals surface area (Å²) in [6.07, 6.45) is 1.92. The van der Waals surface area contributed by atoms with E-state index < -0.39 is 5.97 Å². The van der Waals surface area contributed by atoms with Gasteiger partial charge in [-0.05, 0) is 23.8 Å². The summed E-state index contributed by atoms with van der Waals surface area (Å²) in [5.41, 5.74) is 1.26. The smallest absolute Gasteiger partial charge is 0.356 e. The highest BCUT2D eigenvalue weighted by Crippen LogP contribution is 2.15. The highest BCUT2D eigenvalue weighted by molar-refractivity contribution is 9.10. The third-order valence-corrected chi connectivity index (χ3v) is 4.93. The predicted octanol–water partition coefficient (Wildman–Crippen LogP) is 2.08. The number of aromatic carboxylic acids is 1. The first kappa shape index (κ1) is 18.6. The number of carboxylic acids is 1. The number of aromatic nitrogens is 2. The minimum absolute atomic E-state index is 0.00129. The Bertz CT molecular complexity index is 784. The molecule has 1 aromatic carbocycles. The first-order valence-electron chi connectivity index (χ1n) is 8.52. The van der Waals surface area contributed by atoms with E-state index in [0.717, 1.165) is 24.1 Å². The fourth-order valence-corrected chi connectivity index (χ4v) is 3.46. The van der Waals surface area contributed by atoms with Crippen LogP contribution in [0.2, 0.25) is 0 Å². The molecular weight excluding hydrogens is 400 g/mol. The lowest BCUT2D eigenvalue weighted by atomic mass is 10.2. The normalized spacial score (nSPS) is 15.2. The van der Waals surface area contributed by atoms with Crippen molar-refractivity contribution in [2.75, 3.05) is 26.2 Å². The third kappa shape index (κ3) is 4.92. The molecule has 0 saturated carbocycles. The third-order valence-electron chi connectivity index (χ3n) is 4.43. The van der Waals surface area contributed by atoms with Crippen molar-refractivity contribution in [2.45, 2.75) is 19.5 Å². The second-order valence-corrected chi connectivity index (χ2v) is 7.22. The summed E-state index contributed by atoms with van der Waals surface area (Å²) in [4.78, 5) is 27.4. The Morgan fingerprint density at radius 1 is 1.15 bits per heavy atom. The fourth-order valence-electron chi connectivity index (χ4n) is 3.02. The van der Waals surface area contributed by atoms with E-state index in [1.54, 1.807) is 6.20 Å². The van der Waals surface area contributed by atoms with Gasteiger partial charge < -0.3 is 10.0 Å². The number of hydrogen-bond acceptors (Lipinski definition) is 4. The van der Waals surface area contributed by atoms with Crippen LogP contribution in [0.3, 0.4) is 0 Å². The van der Waals surface area contributed by atoms with E-state index in [2.05, 4.69) is 38.1 Å². The number of halogens is 1. The zero-order valence-corrected chi connectivity index (χ0v) is 15.9. The maximum absolute atomic E-state index is 12.4. The summed E-state index contributed by atoms with van der Waals surface area (Å²) in [5, 5.41) is 12.8. The highest BCUT2D eigenvalue weighted by atomic mass is 79.9. The Balaban J connectivity index is 1.43. The van der Waals surface area contributed by atoms with Crippen LogP contribution in [0.4, 0.5) is 0 Å². The van der Waals surface area contributed by atoms with Crippen LogP contribution in [0.5, 0.6) is 0 Å². The number of carbonyl (C=O) groups is 2. The van der Waals surface area contributed by atoms with E-state index in [1.807, 2.05) is 17.0 Å². The standard InChI is InChI=1S/C18H21BrN4O3/c19-15-3-1-2-14(12-15)13-21-8-10-22(11-9-21)17(24)5-7-23-6-4-16(20-23)18(25)26/h1-4,6,12H,5,7-11,13H2,(H,25,26). The number of carboxylic acid groups (broad SMARTS) is 1. The molecule has 0 aliphatic carbocycles. The van der Waals surface area contributed by atoms with Crippen LogP contribution in [-0.2, 0) is 17.9 Å². The van der Waals surface area contributed by atoms with Gasteiger partial charge in [0.05, 0.1) is 0 Å². The lowest BCUT2D eigenvalue weighted by Crippen LogP contribution is -2.48. The molecule has 1 amide bonds. The number of hydrogen-bond donors (Lipinski definition) is 1. The van der Waals surface area contributed by atoms with Gasteiger partial charge in [0.25, 0.3) is 0 Å². The van der Waals surface area contributed by atoms with Gasteiger partial charge in [0.15, 0.2) is 5.69 Å². The van der Waals surface area contributed by atoms with Gasteiger partial charge in [-0.1, -0.05) is 28.1 Å². The lowest BCUT2D eigenvalue weighted by Gasteiger charge is -2.34. The molecule has 0 radical (unpaired) electrons. The van der Waals surface area contributed by atoms with Gasteiger partial charge in [0.1, 0.15) is 0 Å². The molecule has 0 bridgehead atoms. The van der Waals surface area contributed by atoms with Crippen molar-refractivity contribution in [1.29, 1.82) is 0 Å². The summed E-state index contributed by atoms with van der Waals surface area (Å²) in [7, 11) is 0. The Morgan fingerprint density at radius 2 is 1.92 bits per heavy atom. The monoisotopic (exact) mass is 420 g/mol. The van der Waals surface area contributed by atoms with Crippen LogP contribution in [0.1, 0.15) is 22.5 Å². The zero-order valence-electron chi connectivity index (χ0n) is 14.3. The quantitative estimate of drug-likeness (QED) is 0.773. The largest absolute Gasteiger partial charge is 0.476 e. The Morgan fingerprint density at radius 3 is 2.58 bits per heavy atom. The van der Waals surface area contributed by atoms with Gasteiger partial charge in [-0.25, -0.2) is 4.79 Å². The van der Waals surface area contributed by atoms with Gasteiger partial charge in [0, 0.05) is 56.4 Å². The molecule has 8 heteroatoms. The molecule has 1 N–H and O–H groups in total. The van der Waals surface area contributed by atoms with Gasteiger partial charge in [-0.3, -0.25) is 14.4 Å². The van der Waals surface area contributed by atoms with Crippen LogP contribution in [0.25, 0.3) is 0 Å². The minimum atomic E-state index is -1.06. The molecule has 1 aromatic heterocycles. The van der Waals surface area contributed by atoms with Crippen molar-refractivity contribution >= 4 is 27.8 Å². The van der Waals surface area contributed by atoms with Crippen LogP contribution in [0, 0.1) is 0 Å². The average Bonchev–Trinajstić information content (AvgIpc) is 3.10. The molecule has 0 unspecified atom stereocenters. The Hall–Kier alpha value is -2.19. The first-order valence-corrected chi connectivity index (χ1v) is 9.32.